The summed E-state index contributed by atoms with van der Waals surface area (Å²) in [6.45, 7) is 5.41. The molecule has 0 radical (unpaired) electrons. The van der Waals surface area contributed by atoms with E-state index in [1.165, 1.54) is 0 Å². The lowest BCUT2D eigenvalue weighted by Gasteiger charge is -2.23. The summed E-state index contributed by atoms with van der Waals surface area (Å²) in [7, 11) is 0. The molecule has 1 aliphatic rings. The van der Waals surface area contributed by atoms with Crippen LogP contribution in [0.2, 0.25) is 0 Å². The van der Waals surface area contributed by atoms with Gasteiger partial charge in [-0.1, -0.05) is 30.3 Å². The van der Waals surface area contributed by atoms with Gasteiger partial charge in [0.2, 0.25) is 0 Å². The molecule has 6 heteroatoms. The molecule has 0 aliphatic carbocycles. The van der Waals surface area contributed by atoms with E-state index < -0.39 is 29.9 Å². The maximum absolute atomic E-state index is 12.0. The van der Waals surface area contributed by atoms with Gasteiger partial charge in [0.25, 0.3) is 0 Å². The highest BCUT2D eigenvalue weighted by molar-refractivity contribution is 5.86. The van der Waals surface area contributed by atoms with Gasteiger partial charge in [-0.25, -0.2) is 9.59 Å². The number of esters is 2. The summed E-state index contributed by atoms with van der Waals surface area (Å²) in [5, 5.41) is 0. The Hall–Kier alpha value is -1.92. The topological polar surface area (TPSA) is 71.1 Å². The molecule has 1 fully saturated rings. The first kappa shape index (κ1) is 16.5. The van der Waals surface area contributed by atoms with Gasteiger partial charge in [-0.3, -0.25) is 0 Å². The predicted octanol–water partition coefficient (Wildman–Crippen LogP) is 1.77. The first-order valence-corrected chi connectivity index (χ1v) is 7.26. The number of benzene rings is 1. The lowest BCUT2D eigenvalue weighted by molar-refractivity contribution is -0.186. The molecule has 120 valence electrons. The molecule has 0 bridgehead atoms. The molecule has 1 unspecified atom stereocenters. The Morgan fingerprint density at radius 1 is 1.00 bits per heavy atom. The van der Waals surface area contributed by atoms with Gasteiger partial charge >= 0.3 is 11.9 Å². The second kappa shape index (κ2) is 6.89. The number of rotatable bonds is 5. The van der Waals surface area contributed by atoms with Crippen LogP contribution in [0.5, 0.6) is 0 Å². The van der Waals surface area contributed by atoms with Crippen LogP contribution < -0.4 is 0 Å². The summed E-state index contributed by atoms with van der Waals surface area (Å²) in [5.74, 6) is -2.49. The molecule has 6 nitrogen and oxygen atoms in total. The zero-order valence-electron chi connectivity index (χ0n) is 12.9. The third-order valence-electron chi connectivity index (χ3n) is 3.31. The molecular weight excluding hydrogens is 288 g/mol. The lowest BCUT2D eigenvalue weighted by Crippen LogP contribution is -2.39. The van der Waals surface area contributed by atoms with Crippen molar-refractivity contribution in [2.45, 2.75) is 38.8 Å². The Morgan fingerprint density at radius 2 is 1.45 bits per heavy atom. The largest absolute Gasteiger partial charge is 0.464 e. The summed E-state index contributed by atoms with van der Waals surface area (Å²) in [6, 6.07) is 9.10. The van der Waals surface area contributed by atoms with Crippen LogP contribution in [0.15, 0.2) is 30.3 Å². The smallest absolute Gasteiger partial charge is 0.338 e. The van der Waals surface area contributed by atoms with Gasteiger partial charge in [-0.15, -0.1) is 0 Å². The Bertz CT molecular complexity index is 501. The molecule has 22 heavy (non-hydrogen) atoms. The fourth-order valence-corrected chi connectivity index (χ4v) is 2.31. The minimum absolute atomic E-state index is 0.191. The van der Waals surface area contributed by atoms with E-state index in [1.807, 2.05) is 18.2 Å². The van der Waals surface area contributed by atoms with Crippen molar-refractivity contribution in [1.82, 2.24) is 0 Å². The Balaban J connectivity index is 2.27. The zero-order chi connectivity index (χ0) is 16.2. The van der Waals surface area contributed by atoms with E-state index in [0.29, 0.717) is 5.56 Å². The highest BCUT2D eigenvalue weighted by Gasteiger charge is 2.53. The van der Waals surface area contributed by atoms with Crippen LogP contribution in [0, 0.1) is 0 Å². The van der Waals surface area contributed by atoms with Crippen molar-refractivity contribution in [3.05, 3.63) is 35.9 Å². The third-order valence-corrected chi connectivity index (χ3v) is 3.31. The van der Waals surface area contributed by atoms with E-state index in [0.717, 1.165) is 0 Å². The fourth-order valence-electron chi connectivity index (χ4n) is 2.31. The summed E-state index contributed by atoms with van der Waals surface area (Å²) in [4.78, 5) is 24.1. The van der Waals surface area contributed by atoms with Crippen molar-refractivity contribution in [3.8, 4) is 0 Å². The van der Waals surface area contributed by atoms with Crippen LogP contribution in [0.25, 0.3) is 0 Å². The average molecular weight is 308 g/mol. The molecule has 0 amide bonds. The number of ether oxygens (including phenoxy) is 4. The van der Waals surface area contributed by atoms with Crippen LogP contribution in [-0.2, 0) is 34.3 Å². The maximum Gasteiger partial charge on any atom is 0.338 e. The molecule has 1 saturated heterocycles. The first-order valence-electron chi connectivity index (χ1n) is 7.26. The van der Waals surface area contributed by atoms with Crippen molar-refractivity contribution >= 4 is 11.9 Å². The molecule has 1 aromatic rings. The molecule has 3 atom stereocenters. The van der Waals surface area contributed by atoms with Gasteiger partial charge in [0, 0.05) is 5.56 Å². The van der Waals surface area contributed by atoms with E-state index in [2.05, 4.69) is 0 Å². The zero-order valence-corrected chi connectivity index (χ0v) is 12.9. The molecule has 0 aromatic heterocycles. The maximum atomic E-state index is 12.0. The van der Waals surface area contributed by atoms with Gasteiger partial charge in [-0.05, 0) is 20.8 Å². The van der Waals surface area contributed by atoms with Crippen LogP contribution in [0.3, 0.4) is 0 Å². The molecule has 0 spiro atoms. The molecular formula is C16H20O6. The Labute approximate surface area is 129 Å². The summed E-state index contributed by atoms with van der Waals surface area (Å²) < 4.78 is 21.4. The molecule has 1 aliphatic heterocycles. The predicted molar refractivity (Wildman–Crippen MR) is 76.8 cm³/mol. The van der Waals surface area contributed by atoms with Crippen LogP contribution >= 0.6 is 0 Å². The van der Waals surface area contributed by atoms with Crippen molar-refractivity contribution in [2.24, 2.45) is 0 Å². The molecule has 2 rings (SSSR count). The van der Waals surface area contributed by atoms with Crippen molar-refractivity contribution in [1.29, 1.82) is 0 Å². The molecule has 1 aromatic carbocycles. The summed E-state index contributed by atoms with van der Waals surface area (Å²) >= 11 is 0. The van der Waals surface area contributed by atoms with E-state index in [1.54, 1.807) is 32.9 Å². The third kappa shape index (κ3) is 3.28. The minimum Gasteiger partial charge on any atom is -0.464 e. The van der Waals surface area contributed by atoms with E-state index in [9.17, 15) is 9.59 Å². The number of carbonyl (C=O) groups is 2. The van der Waals surface area contributed by atoms with Gasteiger partial charge in [0.15, 0.2) is 18.0 Å². The van der Waals surface area contributed by atoms with E-state index in [4.69, 9.17) is 18.9 Å². The van der Waals surface area contributed by atoms with Crippen molar-refractivity contribution < 1.29 is 28.5 Å². The second-order valence-electron chi connectivity index (χ2n) is 4.89. The first-order chi connectivity index (χ1) is 10.5. The van der Waals surface area contributed by atoms with Gasteiger partial charge in [0.1, 0.15) is 0 Å². The normalized spacial score (nSPS) is 27.4. The summed E-state index contributed by atoms with van der Waals surface area (Å²) in [5.41, 5.74) is 0.705. The highest BCUT2D eigenvalue weighted by Crippen LogP contribution is 2.38. The summed E-state index contributed by atoms with van der Waals surface area (Å²) in [6.07, 6.45) is -2.30. The SMILES string of the molecule is CCOC(=O)[C@H]1OC(C)(c2ccccc2)O[C@H]1C(=O)OCC. The monoisotopic (exact) mass is 308 g/mol. The fraction of sp³-hybridized carbons (Fsp3) is 0.500. The van der Waals surface area contributed by atoms with Crippen LogP contribution in [0.4, 0.5) is 0 Å². The second-order valence-corrected chi connectivity index (χ2v) is 4.89. The van der Waals surface area contributed by atoms with E-state index in [-0.39, 0.29) is 13.2 Å². The van der Waals surface area contributed by atoms with Crippen LogP contribution in [-0.4, -0.2) is 37.4 Å². The Morgan fingerprint density at radius 3 is 1.86 bits per heavy atom. The number of hydrogen-bond acceptors (Lipinski definition) is 6. The van der Waals surface area contributed by atoms with Gasteiger partial charge < -0.3 is 18.9 Å². The lowest BCUT2D eigenvalue weighted by atomic mass is 10.1. The van der Waals surface area contributed by atoms with Crippen LogP contribution in [0.1, 0.15) is 26.3 Å². The molecule has 0 N–H and O–H groups in total. The number of hydrogen-bond donors (Lipinski definition) is 0. The van der Waals surface area contributed by atoms with E-state index >= 15 is 0 Å². The van der Waals surface area contributed by atoms with Crippen molar-refractivity contribution in [2.75, 3.05) is 13.2 Å². The Kier molecular flexibility index (Phi) is 5.15. The minimum atomic E-state index is -1.21. The van der Waals surface area contributed by atoms with Gasteiger partial charge in [-0.2, -0.15) is 0 Å². The van der Waals surface area contributed by atoms with Gasteiger partial charge in [0.05, 0.1) is 13.2 Å². The number of carbonyl (C=O) groups excluding carboxylic acids is 2. The van der Waals surface area contributed by atoms with Crippen molar-refractivity contribution in [3.63, 3.8) is 0 Å². The quantitative estimate of drug-likeness (QED) is 0.772. The molecule has 0 saturated carbocycles. The standard InChI is InChI=1S/C16H20O6/c1-4-19-14(17)12-13(15(18)20-5-2)22-16(3,21-12)11-9-7-6-8-10-11/h6-10,12-13H,4-5H2,1-3H3/t12-,13+,16?. The average Bonchev–Trinajstić information content (AvgIpc) is 2.88. The highest BCUT2D eigenvalue weighted by atomic mass is 16.8. The molecule has 1 heterocycles.